The first kappa shape index (κ1) is 18.6. The van der Waals surface area contributed by atoms with Crippen LogP contribution >= 0.6 is 0 Å². The maximum Gasteiger partial charge on any atom is 0.308 e. The summed E-state index contributed by atoms with van der Waals surface area (Å²) in [6.07, 6.45) is 0. The number of aliphatic carboxylic acids is 1. The van der Waals surface area contributed by atoms with Crippen LogP contribution in [0.1, 0.15) is 17.3 Å². The van der Waals surface area contributed by atoms with Crippen LogP contribution in [0.15, 0.2) is 18.2 Å². The molecular weight excluding hydrogens is 328 g/mol. The Morgan fingerprint density at radius 1 is 1.20 bits per heavy atom. The number of hydrogen-bond acceptors (Lipinski definition) is 5. The van der Waals surface area contributed by atoms with E-state index >= 15 is 0 Å². The topological polar surface area (TPSA) is 105 Å². The smallest absolute Gasteiger partial charge is 0.308 e. The SMILES string of the molecule is COc1ccc(C(=O)NCC(=O)N2C[C@@H](C)[C@H](C(=O)O)C2)cc1OC. The van der Waals surface area contributed by atoms with Gasteiger partial charge in [-0.2, -0.15) is 0 Å². The molecular formula is C17H22N2O6. The first-order valence-corrected chi connectivity index (χ1v) is 7.88. The Morgan fingerprint density at radius 2 is 1.88 bits per heavy atom. The van der Waals surface area contributed by atoms with Gasteiger partial charge in [-0.3, -0.25) is 14.4 Å². The lowest BCUT2D eigenvalue weighted by Crippen LogP contribution is -2.39. The highest BCUT2D eigenvalue weighted by Gasteiger charge is 2.36. The van der Waals surface area contributed by atoms with Gasteiger partial charge < -0.3 is 24.8 Å². The van der Waals surface area contributed by atoms with Gasteiger partial charge in [-0.15, -0.1) is 0 Å². The number of nitrogens with one attached hydrogen (secondary N) is 1. The van der Waals surface area contributed by atoms with Gasteiger partial charge in [0.2, 0.25) is 5.91 Å². The van der Waals surface area contributed by atoms with Gasteiger partial charge in [-0.05, 0) is 24.1 Å². The van der Waals surface area contributed by atoms with E-state index in [0.717, 1.165) is 0 Å². The Hall–Kier alpha value is -2.77. The maximum atomic E-state index is 12.2. The summed E-state index contributed by atoms with van der Waals surface area (Å²) in [4.78, 5) is 37.0. The molecule has 1 saturated heterocycles. The van der Waals surface area contributed by atoms with Crippen molar-refractivity contribution in [3.63, 3.8) is 0 Å². The van der Waals surface area contributed by atoms with Crippen LogP contribution in [0.25, 0.3) is 0 Å². The molecule has 1 fully saturated rings. The van der Waals surface area contributed by atoms with E-state index in [4.69, 9.17) is 14.6 Å². The number of carbonyl (C=O) groups excluding carboxylic acids is 2. The zero-order valence-electron chi connectivity index (χ0n) is 14.4. The average molecular weight is 350 g/mol. The molecule has 1 aromatic rings. The number of hydrogen-bond donors (Lipinski definition) is 2. The second-order valence-electron chi connectivity index (χ2n) is 5.97. The van der Waals surface area contributed by atoms with Gasteiger partial charge in [0.25, 0.3) is 5.91 Å². The van der Waals surface area contributed by atoms with E-state index in [-0.39, 0.29) is 24.9 Å². The highest BCUT2D eigenvalue weighted by atomic mass is 16.5. The lowest BCUT2D eigenvalue weighted by Gasteiger charge is -2.16. The molecule has 25 heavy (non-hydrogen) atoms. The number of rotatable bonds is 6. The zero-order valence-corrected chi connectivity index (χ0v) is 14.4. The molecule has 0 aromatic heterocycles. The molecule has 2 amide bonds. The molecule has 2 atom stereocenters. The van der Waals surface area contributed by atoms with Crippen LogP contribution in [0.4, 0.5) is 0 Å². The van der Waals surface area contributed by atoms with Crippen LogP contribution in [-0.4, -0.2) is 61.6 Å². The fraction of sp³-hybridized carbons (Fsp3) is 0.471. The van der Waals surface area contributed by atoms with Gasteiger partial charge in [-0.1, -0.05) is 6.92 Å². The zero-order chi connectivity index (χ0) is 18.6. The number of methoxy groups -OCH3 is 2. The number of carbonyl (C=O) groups is 3. The average Bonchev–Trinajstić information content (AvgIpc) is 3.00. The Morgan fingerprint density at radius 3 is 2.44 bits per heavy atom. The molecule has 0 saturated carbocycles. The summed E-state index contributed by atoms with van der Waals surface area (Å²) in [6.45, 7) is 2.16. The van der Waals surface area contributed by atoms with Gasteiger partial charge in [0.1, 0.15) is 0 Å². The highest BCUT2D eigenvalue weighted by molar-refractivity contribution is 5.97. The fourth-order valence-corrected chi connectivity index (χ4v) is 2.84. The van der Waals surface area contributed by atoms with E-state index in [1.807, 2.05) is 0 Å². The minimum absolute atomic E-state index is 0.108. The molecule has 0 aliphatic carbocycles. The van der Waals surface area contributed by atoms with E-state index in [0.29, 0.717) is 23.6 Å². The lowest BCUT2D eigenvalue weighted by atomic mass is 9.99. The Labute approximate surface area is 145 Å². The third-order valence-electron chi connectivity index (χ3n) is 4.33. The monoisotopic (exact) mass is 350 g/mol. The van der Waals surface area contributed by atoms with Crippen LogP contribution in [-0.2, 0) is 9.59 Å². The van der Waals surface area contributed by atoms with Crippen LogP contribution in [0.5, 0.6) is 11.5 Å². The normalized spacial score (nSPS) is 19.4. The number of carboxylic acids is 1. The van der Waals surface area contributed by atoms with Crippen molar-refractivity contribution in [1.82, 2.24) is 10.2 Å². The largest absolute Gasteiger partial charge is 0.493 e. The van der Waals surface area contributed by atoms with Gasteiger partial charge in [0.05, 0.1) is 26.7 Å². The number of amides is 2. The first-order chi connectivity index (χ1) is 11.9. The molecule has 1 heterocycles. The van der Waals surface area contributed by atoms with Crippen LogP contribution < -0.4 is 14.8 Å². The van der Waals surface area contributed by atoms with Crippen molar-refractivity contribution in [3.05, 3.63) is 23.8 Å². The summed E-state index contributed by atoms with van der Waals surface area (Å²) < 4.78 is 10.3. The second-order valence-corrected chi connectivity index (χ2v) is 5.97. The van der Waals surface area contributed by atoms with E-state index < -0.39 is 17.8 Å². The molecule has 0 radical (unpaired) electrons. The highest BCUT2D eigenvalue weighted by Crippen LogP contribution is 2.27. The summed E-state index contributed by atoms with van der Waals surface area (Å²) in [5.41, 5.74) is 0.337. The van der Waals surface area contributed by atoms with E-state index in [2.05, 4.69) is 5.32 Å². The van der Waals surface area contributed by atoms with Crippen molar-refractivity contribution in [2.75, 3.05) is 33.9 Å². The summed E-state index contributed by atoms with van der Waals surface area (Å²) in [5, 5.41) is 11.7. The van der Waals surface area contributed by atoms with E-state index in [9.17, 15) is 14.4 Å². The molecule has 1 aromatic carbocycles. The molecule has 0 unspecified atom stereocenters. The lowest BCUT2D eigenvalue weighted by molar-refractivity contribution is -0.142. The maximum absolute atomic E-state index is 12.2. The van der Waals surface area contributed by atoms with Gasteiger partial charge in [0, 0.05) is 18.7 Å². The summed E-state index contributed by atoms with van der Waals surface area (Å²) in [6, 6.07) is 4.70. The third kappa shape index (κ3) is 4.20. The molecule has 136 valence electrons. The van der Waals surface area contributed by atoms with E-state index in [1.165, 1.54) is 25.2 Å². The fourth-order valence-electron chi connectivity index (χ4n) is 2.84. The molecule has 0 bridgehead atoms. The number of benzene rings is 1. The Kier molecular flexibility index (Phi) is 5.84. The predicted molar refractivity (Wildman–Crippen MR) is 88.7 cm³/mol. The standard InChI is InChI=1S/C17H22N2O6/c1-10-8-19(9-12(10)17(22)23)15(20)7-18-16(21)11-4-5-13(24-2)14(6-11)25-3/h4-6,10,12H,7-9H2,1-3H3,(H,18,21)(H,22,23)/t10-,12-/m1/s1. The molecule has 0 spiro atoms. The van der Waals surface area contributed by atoms with Crippen molar-refractivity contribution >= 4 is 17.8 Å². The number of nitrogens with zero attached hydrogens (tertiary/aromatic N) is 1. The third-order valence-corrected chi connectivity index (χ3v) is 4.33. The molecule has 1 aliphatic rings. The molecule has 2 N–H and O–H groups in total. The van der Waals surface area contributed by atoms with Gasteiger partial charge in [0.15, 0.2) is 11.5 Å². The quantitative estimate of drug-likeness (QED) is 0.779. The number of carboxylic acid groups (broad SMARTS) is 1. The van der Waals surface area contributed by atoms with Crippen molar-refractivity contribution in [2.45, 2.75) is 6.92 Å². The van der Waals surface area contributed by atoms with Crippen LogP contribution in [0, 0.1) is 11.8 Å². The molecule has 8 heteroatoms. The van der Waals surface area contributed by atoms with Crippen molar-refractivity contribution in [3.8, 4) is 11.5 Å². The van der Waals surface area contributed by atoms with E-state index in [1.54, 1.807) is 19.1 Å². The number of ether oxygens (including phenoxy) is 2. The molecule has 1 aliphatic heterocycles. The number of likely N-dealkylation sites (tertiary alicyclic amines) is 1. The predicted octanol–water partition coefficient (Wildman–Crippen LogP) is 0.613. The first-order valence-electron chi connectivity index (χ1n) is 7.88. The van der Waals surface area contributed by atoms with Crippen molar-refractivity contribution < 1.29 is 29.0 Å². The van der Waals surface area contributed by atoms with Gasteiger partial charge >= 0.3 is 5.97 Å². The minimum atomic E-state index is -0.905. The summed E-state index contributed by atoms with van der Waals surface area (Å²) in [7, 11) is 2.97. The summed E-state index contributed by atoms with van der Waals surface area (Å²) >= 11 is 0. The second kappa shape index (κ2) is 7.87. The van der Waals surface area contributed by atoms with Crippen molar-refractivity contribution in [1.29, 1.82) is 0 Å². The summed E-state index contributed by atoms with van der Waals surface area (Å²) in [5.74, 6) is -1.38. The minimum Gasteiger partial charge on any atom is -0.493 e. The van der Waals surface area contributed by atoms with Crippen molar-refractivity contribution in [2.24, 2.45) is 11.8 Å². The van der Waals surface area contributed by atoms with Gasteiger partial charge in [-0.25, -0.2) is 0 Å². The Bertz CT molecular complexity index is 675. The van der Waals surface area contributed by atoms with Crippen LogP contribution in [0.2, 0.25) is 0 Å². The van der Waals surface area contributed by atoms with Crippen LogP contribution in [0.3, 0.4) is 0 Å². The molecule has 8 nitrogen and oxygen atoms in total. The Balaban J connectivity index is 1.94. The molecule has 2 rings (SSSR count).